The van der Waals surface area contributed by atoms with Gasteiger partial charge in [0.15, 0.2) is 5.82 Å². The molecule has 2 aromatic rings. The van der Waals surface area contributed by atoms with Gasteiger partial charge in [-0.25, -0.2) is 4.98 Å². The molecule has 0 aromatic carbocycles. The van der Waals surface area contributed by atoms with Gasteiger partial charge < -0.3 is 23.6 Å². The second-order valence-electron chi connectivity index (χ2n) is 7.65. The first kappa shape index (κ1) is 17.6. The molecule has 1 spiro atoms. The van der Waals surface area contributed by atoms with Gasteiger partial charge in [0.1, 0.15) is 18.5 Å². The summed E-state index contributed by atoms with van der Waals surface area (Å²) in [5, 5.41) is 13.7. The quantitative estimate of drug-likeness (QED) is 0.769. The Bertz CT molecular complexity index is 933. The SMILES string of the molecule is COCc1noc(C2CN(c3nc4c(cc3C#N)COCC4)CC23COC3)n1. The summed E-state index contributed by atoms with van der Waals surface area (Å²) in [6.07, 6.45) is 0.767. The molecular formula is C19H21N5O4. The lowest BCUT2D eigenvalue weighted by molar-refractivity contribution is -0.112. The molecule has 3 aliphatic rings. The number of aromatic nitrogens is 3. The van der Waals surface area contributed by atoms with Gasteiger partial charge in [-0.05, 0) is 6.07 Å². The third-order valence-electron chi connectivity index (χ3n) is 5.81. The first-order valence-electron chi connectivity index (χ1n) is 9.37. The number of anilines is 1. The van der Waals surface area contributed by atoms with Crippen molar-refractivity contribution in [2.75, 3.05) is 44.9 Å². The van der Waals surface area contributed by atoms with E-state index in [9.17, 15) is 5.26 Å². The van der Waals surface area contributed by atoms with E-state index in [1.807, 2.05) is 6.07 Å². The maximum Gasteiger partial charge on any atom is 0.232 e. The molecule has 1 unspecified atom stereocenters. The number of methoxy groups -OCH3 is 1. The highest BCUT2D eigenvalue weighted by Gasteiger charge is 2.55. The van der Waals surface area contributed by atoms with Gasteiger partial charge in [-0.15, -0.1) is 0 Å². The first-order chi connectivity index (χ1) is 13.7. The molecule has 0 radical (unpaired) electrons. The zero-order chi connectivity index (χ0) is 19.1. The Balaban J connectivity index is 1.48. The molecular weight excluding hydrogens is 362 g/mol. The largest absolute Gasteiger partial charge is 0.380 e. The second-order valence-corrected chi connectivity index (χ2v) is 7.65. The van der Waals surface area contributed by atoms with Gasteiger partial charge in [0.25, 0.3) is 0 Å². The van der Waals surface area contributed by atoms with E-state index >= 15 is 0 Å². The van der Waals surface area contributed by atoms with E-state index in [1.54, 1.807) is 7.11 Å². The van der Waals surface area contributed by atoms with Gasteiger partial charge in [0, 0.05) is 37.6 Å². The Labute approximate surface area is 162 Å². The average Bonchev–Trinajstić information content (AvgIpc) is 3.31. The van der Waals surface area contributed by atoms with Crippen molar-refractivity contribution in [2.45, 2.75) is 25.6 Å². The van der Waals surface area contributed by atoms with Crippen LogP contribution in [0.25, 0.3) is 0 Å². The highest BCUT2D eigenvalue weighted by molar-refractivity contribution is 5.58. The van der Waals surface area contributed by atoms with Gasteiger partial charge in [0.2, 0.25) is 5.89 Å². The fraction of sp³-hybridized carbons (Fsp3) is 0.579. The molecule has 2 fully saturated rings. The van der Waals surface area contributed by atoms with Crippen molar-refractivity contribution in [3.63, 3.8) is 0 Å². The van der Waals surface area contributed by atoms with Crippen LogP contribution in [0.1, 0.15) is 34.5 Å². The molecule has 0 bridgehead atoms. The molecule has 9 nitrogen and oxygen atoms in total. The fourth-order valence-electron chi connectivity index (χ4n) is 4.32. The maximum absolute atomic E-state index is 9.69. The molecule has 0 saturated carbocycles. The molecule has 1 atom stereocenters. The zero-order valence-corrected chi connectivity index (χ0v) is 15.7. The lowest BCUT2D eigenvalue weighted by Crippen LogP contribution is -2.48. The van der Waals surface area contributed by atoms with Crippen molar-refractivity contribution in [3.05, 3.63) is 34.6 Å². The number of pyridine rings is 1. The van der Waals surface area contributed by atoms with Crippen molar-refractivity contribution >= 4 is 5.82 Å². The molecule has 0 amide bonds. The molecule has 3 aliphatic heterocycles. The number of hydrogen-bond acceptors (Lipinski definition) is 9. The Morgan fingerprint density at radius 2 is 2.25 bits per heavy atom. The second kappa shape index (κ2) is 6.81. The van der Waals surface area contributed by atoms with Gasteiger partial charge in [-0.1, -0.05) is 5.16 Å². The van der Waals surface area contributed by atoms with Crippen molar-refractivity contribution < 1.29 is 18.7 Å². The predicted octanol–water partition coefficient (Wildman–Crippen LogP) is 1.18. The van der Waals surface area contributed by atoms with Crippen LogP contribution in [0.3, 0.4) is 0 Å². The van der Waals surface area contributed by atoms with Crippen LogP contribution in [0.5, 0.6) is 0 Å². The van der Waals surface area contributed by atoms with Crippen molar-refractivity contribution in [3.8, 4) is 6.07 Å². The summed E-state index contributed by atoms with van der Waals surface area (Å²) in [7, 11) is 1.60. The minimum Gasteiger partial charge on any atom is -0.380 e. The molecule has 0 N–H and O–H groups in total. The topological polar surface area (TPSA) is 107 Å². The Kier molecular flexibility index (Phi) is 4.27. The van der Waals surface area contributed by atoms with E-state index < -0.39 is 0 Å². The van der Waals surface area contributed by atoms with Gasteiger partial charge in [0.05, 0.1) is 43.6 Å². The minimum absolute atomic E-state index is 0.0343. The van der Waals surface area contributed by atoms with E-state index in [4.69, 9.17) is 23.7 Å². The number of hydrogen-bond donors (Lipinski definition) is 0. The highest BCUT2D eigenvalue weighted by atomic mass is 16.5. The predicted molar refractivity (Wildman–Crippen MR) is 95.5 cm³/mol. The molecule has 2 aromatic heterocycles. The summed E-state index contributed by atoms with van der Waals surface area (Å²) in [6.45, 7) is 4.17. The van der Waals surface area contributed by atoms with Crippen LogP contribution >= 0.6 is 0 Å². The molecule has 5 heterocycles. The van der Waals surface area contributed by atoms with Gasteiger partial charge in [-0.3, -0.25) is 0 Å². The molecule has 146 valence electrons. The highest BCUT2D eigenvalue weighted by Crippen LogP contribution is 2.48. The standard InChI is InChI=1S/C19H21N5O4/c1-25-8-16-22-18(28-23-16)14-6-24(9-19(14)10-27-11-19)17-12(5-20)4-13-7-26-3-2-15(13)21-17/h4,14H,2-3,6-11H2,1H3. The van der Waals surface area contributed by atoms with Crippen LogP contribution in [-0.2, 0) is 33.8 Å². The van der Waals surface area contributed by atoms with Crippen LogP contribution in [0.15, 0.2) is 10.6 Å². The van der Waals surface area contributed by atoms with Crippen molar-refractivity contribution in [1.82, 2.24) is 15.1 Å². The van der Waals surface area contributed by atoms with Crippen molar-refractivity contribution in [1.29, 1.82) is 5.26 Å². The number of ether oxygens (including phenoxy) is 3. The monoisotopic (exact) mass is 383 g/mol. The molecule has 0 aliphatic carbocycles. The normalized spacial score (nSPS) is 22.7. The Morgan fingerprint density at radius 1 is 1.36 bits per heavy atom. The van der Waals surface area contributed by atoms with Gasteiger partial charge >= 0.3 is 0 Å². The van der Waals surface area contributed by atoms with E-state index in [0.717, 1.165) is 30.0 Å². The van der Waals surface area contributed by atoms with Crippen molar-refractivity contribution in [2.24, 2.45) is 5.41 Å². The smallest absolute Gasteiger partial charge is 0.232 e. The zero-order valence-electron chi connectivity index (χ0n) is 15.7. The lowest BCUT2D eigenvalue weighted by atomic mass is 9.76. The summed E-state index contributed by atoms with van der Waals surface area (Å²) < 4.78 is 21.7. The third kappa shape index (κ3) is 2.76. The van der Waals surface area contributed by atoms with Crippen LogP contribution in [-0.4, -0.2) is 55.1 Å². The summed E-state index contributed by atoms with van der Waals surface area (Å²) in [5.74, 6) is 1.90. The maximum atomic E-state index is 9.69. The first-order valence-corrected chi connectivity index (χ1v) is 9.37. The van der Waals surface area contributed by atoms with Crippen LogP contribution < -0.4 is 4.90 Å². The summed E-state index contributed by atoms with van der Waals surface area (Å²) >= 11 is 0. The fourth-order valence-corrected chi connectivity index (χ4v) is 4.32. The van der Waals surface area contributed by atoms with Crippen LogP contribution in [0.4, 0.5) is 5.82 Å². The number of nitriles is 1. The summed E-state index contributed by atoms with van der Waals surface area (Å²) in [5.41, 5.74) is 2.50. The average molecular weight is 383 g/mol. The number of fused-ring (bicyclic) bond motifs is 1. The number of rotatable bonds is 4. The van der Waals surface area contributed by atoms with E-state index in [1.165, 1.54) is 0 Å². The van der Waals surface area contributed by atoms with E-state index in [2.05, 4.69) is 21.1 Å². The number of nitrogens with zero attached hydrogens (tertiary/aromatic N) is 5. The third-order valence-corrected chi connectivity index (χ3v) is 5.81. The molecule has 2 saturated heterocycles. The summed E-state index contributed by atoms with van der Waals surface area (Å²) in [6, 6.07) is 4.22. The Morgan fingerprint density at radius 3 is 3.00 bits per heavy atom. The summed E-state index contributed by atoms with van der Waals surface area (Å²) in [4.78, 5) is 11.5. The minimum atomic E-state index is -0.0930. The van der Waals surface area contributed by atoms with Crippen LogP contribution in [0.2, 0.25) is 0 Å². The van der Waals surface area contributed by atoms with E-state index in [-0.39, 0.29) is 11.3 Å². The molecule has 28 heavy (non-hydrogen) atoms. The Hall–Kier alpha value is -2.54. The molecule has 5 rings (SSSR count). The van der Waals surface area contributed by atoms with E-state index in [0.29, 0.717) is 56.9 Å². The molecule has 9 heteroatoms. The van der Waals surface area contributed by atoms with Crippen LogP contribution in [0, 0.1) is 16.7 Å². The van der Waals surface area contributed by atoms with Gasteiger partial charge in [-0.2, -0.15) is 10.2 Å². The lowest BCUT2D eigenvalue weighted by Gasteiger charge is -2.40.